The van der Waals surface area contributed by atoms with E-state index in [2.05, 4.69) is 10.6 Å². The lowest BCUT2D eigenvalue weighted by Gasteiger charge is -2.23. The number of nitrogens with zero attached hydrogens (tertiary/aromatic N) is 1. The largest absolute Gasteiger partial charge is 0.397 e. The van der Waals surface area contributed by atoms with Crippen LogP contribution in [0.1, 0.15) is 30.3 Å². The summed E-state index contributed by atoms with van der Waals surface area (Å²) in [7, 11) is 0. The van der Waals surface area contributed by atoms with Crippen molar-refractivity contribution in [1.29, 1.82) is 0 Å². The summed E-state index contributed by atoms with van der Waals surface area (Å²) in [6.45, 7) is 3.14. The van der Waals surface area contributed by atoms with Gasteiger partial charge in [-0.3, -0.25) is 9.59 Å². The molecule has 0 saturated carbocycles. The molecule has 6 heteroatoms. The smallest absolute Gasteiger partial charge is 0.268 e. The van der Waals surface area contributed by atoms with Crippen molar-refractivity contribution < 1.29 is 9.59 Å². The molecule has 0 spiro atoms. The van der Waals surface area contributed by atoms with Gasteiger partial charge >= 0.3 is 0 Å². The number of nitrogen functional groups attached to an aromatic ring is 1. The third kappa shape index (κ3) is 2.64. The zero-order chi connectivity index (χ0) is 13.1. The van der Waals surface area contributed by atoms with Gasteiger partial charge in [-0.1, -0.05) is 0 Å². The zero-order valence-corrected chi connectivity index (χ0v) is 10.4. The van der Waals surface area contributed by atoms with Crippen LogP contribution in [-0.2, 0) is 11.3 Å². The van der Waals surface area contributed by atoms with Crippen LogP contribution in [0, 0.1) is 0 Å². The summed E-state index contributed by atoms with van der Waals surface area (Å²) in [4.78, 5) is 23.1. The first-order valence-corrected chi connectivity index (χ1v) is 6.13. The summed E-state index contributed by atoms with van der Waals surface area (Å²) in [5.41, 5.74) is 6.83. The normalized spacial score (nSPS) is 19.4. The van der Waals surface area contributed by atoms with E-state index in [9.17, 15) is 9.59 Å². The molecule has 0 bridgehead atoms. The molecule has 1 aromatic heterocycles. The molecule has 1 saturated heterocycles. The molecule has 1 fully saturated rings. The van der Waals surface area contributed by atoms with Gasteiger partial charge in [-0.25, -0.2) is 0 Å². The Labute approximate surface area is 106 Å². The van der Waals surface area contributed by atoms with Crippen LogP contribution >= 0.6 is 0 Å². The van der Waals surface area contributed by atoms with Crippen LogP contribution in [0.3, 0.4) is 0 Å². The molecule has 1 unspecified atom stereocenters. The molecule has 0 radical (unpaired) electrons. The Morgan fingerprint density at radius 2 is 2.44 bits per heavy atom. The van der Waals surface area contributed by atoms with E-state index < -0.39 is 0 Å². The number of aromatic nitrogens is 1. The van der Waals surface area contributed by atoms with Crippen LogP contribution < -0.4 is 16.4 Å². The minimum absolute atomic E-state index is 0.00312. The summed E-state index contributed by atoms with van der Waals surface area (Å²) in [6.07, 6.45) is 2.89. The van der Waals surface area contributed by atoms with Crippen molar-refractivity contribution in [2.45, 2.75) is 32.4 Å². The molecule has 1 aliphatic heterocycles. The van der Waals surface area contributed by atoms with Crippen molar-refractivity contribution in [2.75, 3.05) is 12.3 Å². The topological polar surface area (TPSA) is 89.2 Å². The van der Waals surface area contributed by atoms with Crippen molar-refractivity contribution in [2.24, 2.45) is 0 Å². The lowest BCUT2D eigenvalue weighted by molar-refractivity contribution is -0.122. The predicted molar refractivity (Wildman–Crippen MR) is 68.0 cm³/mol. The van der Waals surface area contributed by atoms with Gasteiger partial charge in [0.25, 0.3) is 5.91 Å². The van der Waals surface area contributed by atoms with E-state index >= 15 is 0 Å². The second-order valence-corrected chi connectivity index (χ2v) is 4.46. The summed E-state index contributed by atoms with van der Waals surface area (Å²) in [5, 5.41) is 5.65. The van der Waals surface area contributed by atoms with E-state index in [1.54, 1.807) is 12.3 Å². The number of rotatable bonds is 3. The highest BCUT2D eigenvalue weighted by Gasteiger charge is 2.21. The molecule has 4 N–H and O–H groups in total. The van der Waals surface area contributed by atoms with Gasteiger partial charge in [0.2, 0.25) is 5.91 Å². The SMILES string of the molecule is CCn1cc(N)cc1C(=O)NC1CCC(=O)NC1. The molecule has 1 aliphatic rings. The number of nitrogens with one attached hydrogen (secondary N) is 2. The first-order chi connectivity index (χ1) is 8.60. The number of hydrogen-bond acceptors (Lipinski definition) is 3. The van der Waals surface area contributed by atoms with Gasteiger partial charge in [0.15, 0.2) is 0 Å². The van der Waals surface area contributed by atoms with Gasteiger partial charge in [-0.15, -0.1) is 0 Å². The molecule has 18 heavy (non-hydrogen) atoms. The standard InChI is InChI=1S/C12H18N4O2/c1-2-16-7-8(13)5-10(16)12(18)15-9-3-4-11(17)14-6-9/h5,7,9H,2-4,6,13H2,1H3,(H,14,17)(H,15,18). The number of carbonyl (C=O) groups excluding carboxylic acids is 2. The molecule has 1 aromatic rings. The highest BCUT2D eigenvalue weighted by Crippen LogP contribution is 2.11. The van der Waals surface area contributed by atoms with Crippen molar-refractivity contribution in [3.8, 4) is 0 Å². The average molecular weight is 250 g/mol. The Morgan fingerprint density at radius 3 is 3.06 bits per heavy atom. The molecule has 0 aliphatic carbocycles. The van der Waals surface area contributed by atoms with Crippen LogP contribution in [0.25, 0.3) is 0 Å². The van der Waals surface area contributed by atoms with E-state index in [-0.39, 0.29) is 17.9 Å². The molecular weight excluding hydrogens is 232 g/mol. The number of piperidine rings is 1. The fourth-order valence-corrected chi connectivity index (χ4v) is 2.10. The molecular formula is C12H18N4O2. The number of amides is 2. The van der Waals surface area contributed by atoms with Crippen molar-refractivity contribution in [3.05, 3.63) is 18.0 Å². The van der Waals surface area contributed by atoms with Crippen molar-refractivity contribution >= 4 is 17.5 Å². The van der Waals surface area contributed by atoms with Crippen LogP contribution in [0.4, 0.5) is 5.69 Å². The van der Waals surface area contributed by atoms with Crippen molar-refractivity contribution in [3.63, 3.8) is 0 Å². The summed E-state index contributed by atoms with van der Waals surface area (Å²) < 4.78 is 1.81. The van der Waals surface area contributed by atoms with Crippen molar-refractivity contribution in [1.82, 2.24) is 15.2 Å². The second-order valence-electron chi connectivity index (χ2n) is 4.46. The minimum Gasteiger partial charge on any atom is -0.397 e. The summed E-state index contributed by atoms with van der Waals surface area (Å²) in [6, 6.07) is 1.66. The maximum absolute atomic E-state index is 12.1. The van der Waals surface area contributed by atoms with Gasteiger partial charge in [0.05, 0.1) is 5.69 Å². The Bertz CT molecular complexity index is 457. The van der Waals surface area contributed by atoms with Gasteiger partial charge in [0.1, 0.15) is 5.69 Å². The third-order valence-corrected chi connectivity index (χ3v) is 3.09. The zero-order valence-electron chi connectivity index (χ0n) is 10.4. The molecule has 6 nitrogen and oxygen atoms in total. The number of anilines is 1. The highest BCUT2D eigenvalue weighted by atomic mass is 16.2. The van der Waals surface area contributed by atoms with Gasteiger partial charge in [0, 0.05) is 31.7 Å². The van der Waals surface area contributed by atoms with Crippen LogP contribution in [-0.4, -0.2) is 29.0 Å². The van der Waals surface area contributed by atoms with E-state index in [4.69, 9.17) is 5.73 Å². The van der Waals surface area contributed by atoms with E-state index in [0.29, 0.717) is 37.3 Å². The second kappa shape index (κ2) is 5.12. The first kappa shape index (κ1) is 12.5. The van der Waals surface area contributed by atoms with E-state index in [1.165, 1.54) is 0 Å². The Hall–Kier alpha value is -1.98. The summed E-state index contributed by atoms with van der Waals surface area (Å²) >= 11 is 0. The minimum atomic E-state index is -0.144. The molecule has 1 atom stereocenters. The third-order valence-electron chi connectivity index (χ3n) is 3.09. The molecule has 2 heterocycles. The molecule has 2 amide bonds. The summed E-state index contributed by atoms with van der Waals surface area (Å²) in [5.74, 6) is -0.101. The lowest BCUT2D eigenvalue weighted by atomic mass is 10.1. The highest BCUT2D eigenvalue weighted by molar-refractivity contribution is 5.94. The van der Waals surface area contributed by atoms with Crippen LogP contribution in [0.15, 0.2) is 12.3 Å². The number of aryl methyl sites for hydroxylation is 1. The number of carbonyl (C=O) groups is 2. The van der Waals surface area contributed by atoms with E-state index in [1.807, 2.05) is 11.5 Å². The maximum Gasteiger partial charge on any atom is 0.268 e. The average Bonchev–Trinajstić information content (AvgIpc) is 2.73. The van der Waals surface area contributed by atoms with Gasteiger partial charge in [-0.2, -0.15) is 0 Å². The molecule has 0 aromatic carbocycles. The van der Waals surface area contributed by atoms with Crippen LogP contribution in [0.2, 0.25) is 0 Å². The predicted octanol–water partition coefficient (Wildman–Crippen LogP) is 0.0986. The van der Waals surface area contributed by atoms with Crippen LogP contribution in [0.5, 0.6) is 0 Å². The Morgan fingerprint density at radius 1 is 1.67 bits per heavy atom. The quantitative estimate of drug-likeness (QED) is 0.710. The number of hydrogen-bond donors (Lipinski definition) is 3. The molecule has 2 rings (SSSR count). The Balaban J connectivity index is 2.01. The monoisotopic (exact) mass is 250 g/mol. The van der Waals surface area contributed by atoms with E-state index in [0.717, 1.165) is 0 Å². The molecule has 98 valence electrons. The maximum atomic E-state index is 12.1. The first-order valence-electron chi connectivity index (χ1n) is 6.13. The number of nitrogens with two attached hydrogens (primary N) is 1. The Kier molecular flexibility index (Phi) is 3.55. The van der Waals surface area contributed by atoms with Gasteiger partial charge in [-0.05, 0) is 19.4 Å². The lowest BCUT2D eigenvalue weighted by Crippen LogP contribution is -2.48. The fraction of sp³-hybridized carbons (Fsp3) is 0.500. The van der Waals surface area contributed by atoms with Gasteiger partial charge < -0.3 is 20.9 Å². The fourth-order valence-electron chi connectivity index (χ4n) is 2.10.